The Morgan fingerprint density at radius 2 is 2.16 bits per heavy atom. The van der Waals surface area contributed by atoms with E-state index in [-0.39, 0.29) is 12.2 Å². The molecule has 0 saturated heterocycles. The van der Waals surface area contributed by atoms with E-state index in [0.717, 1.165) is 0 Å². The Morgan fingerprint density at radius 1 is 1.42 bits per heavy atom. The van der Waals surface area contributed by atoms with Crippen molar-refractivity contribution in [2.24, 2.45) is 0 Å². The van der Waals surface area contributed by atoms with E-state index in [4.69, 9.17) is 0 Å². The number of rotatable bonds is 6. The maximum Gasteiger partial charge on any atom is 0.269 e. The van der Waals surface area contributed by atoms with Gasteiger partial charge in [-0.2, -0.15) is 4.98 Å². The topological polar surface area (TPSA) is 114 Å². The Balaban J connectivity index is 1.85. The molecule has 0 fully saturated rings. The molecule has 2 aromatic rings. The number of aliphatic hydroxyl groups is 1. The summed E-state index contributed by atoms with van der Waals surface area (Å²) in [5.74, 6) is 0.496. The zero-order chi connectivity index (χ0) is 13.7. The minimum atomic E-state index is -0.757. The summed E-state index contributed by atoms with van der Waals surface area (Å²) < 4.78 is 4.56. The second-order valence-electron chi connectivity index (χ2n) is 3.84. The molecule has 100 valence electrons. The lowest BCUT2D eigenvalue weighted by molar-refractivity contribution is -0.384. The molecule has 0 aliphatic rings. The second kappa shape index (κ2) is 6.03. The molecule has 0 radical (unpaired) electrons. The van der Waals surface area contributed by atoms with Gasteiger partial charge < -0.3 is 14.9 Å². The van der Waals surface area contributed by atoms with Crippen molar-refractivity contribution in [3.8, 4) is 0 Å². The van der Waals surface area contributed by atoms with Crippen LogP contribution in [0, 0.1) is 10.1 Å². The summed E-state index contributed by atoms with van der Waals surface area (Å²) in [6.07, 6.45) is 0.469. The molecule has 0 aliphatic heterocycles. The normalized spacial score (nSPS) is 12.3. The fourth-order valence-electron chi connectivity index (χ4n) is 1.53. The van der Waals surface area contributed by atoms with Crippen molar-refractivity contribution < 1.29 is 14.6 Å². The minimum absolute atomic E-state index is 0.00398. The molecule has 8 nitrogen and oxygen atoms in total. The van der Waals surface area contributed by atoms with Crippen LogP contribution in [0.4, 0.5) is 5.69 Å². The molecule has 0 aliphatic carbocycles. The summed E-state index contributed by atoms with van der Waals surface area (Å²) >= 11 is 0. The lowest BCUT2D eigenvalue weighted by Crippen LogP contribution is -2.21. The third kappa shape index (κ3) is 3.57. The van der Waals surface area contributed by atoms with Gasteiger partial charge in [0.25, 0.3) is 5.69 Å². The Labute approximate surface area is 108 Å². The zero-order valence-electron chi connectivity index (χ0n) is 9.89. The summed E-state index contributed by atoms with van der Waals surface area (Å²) in [4.78, 5) is 13.8. The molecule has 1 atom stereocenters. The van der Waals surface area contributed by atoms with E-state index < -0.39 is 11.0 Å². The van der Waals surface area contributed by atoms with Gasteiger partial charge in [-0.3, -0.25) is 10.1 Å². The van der Waals surface area contributed by atoms with Crippen molar-refractivity contribution in [3.63, 3.8) is 0 Å². The number of aliphatic hydroxyl groups excluding tert-OH is 1. The summed E-state index contributed by atoms with van der Waals surface area (Å²) in [6, 6.07) is 5.77. The van der Waals surface area contributed by atoms with E-state index in [1.54, 1.807) is 0 Å². The van der Waals surface area contributed by atoms with Crippen LogP contribution in [0.2, 0.25) is 0 Å². The third-order valence-electron chi connectivity index (χ3n) is 2.52. The van der Waals surface area contributed by atoms with Crippen LogP contribution >= 0.6 is 0 Å². The van der Waals surface area contributed by atoms with E-state index in [0.29, 0.717) is 17.9 Å². The number of hydrogen-bond acceptors (Lipinski definition) is 7. The fraction of sp³-hybridized carbons (Fsp3) is 0.273. The lowest BCUT2D eigenvalue weighted by atomic mass is 10.1. The van der Waals surface area contributed by atoms with E-state index in [9.17, 15) is 15.2 Å². The number of non-ortho nitro benzene ring substituents is 1. The summed E-state index contributed by atoms with van der Waals surface area (Å²) in [6.45, 7) is 0.660. The predicted molar refractivity (Wildman–Crippen MR) is 64.1 cm³/mol. The van der Waals surface area contributed by atoms with Crippen molar-refractivity contribution in [1.29, 1.82) is 0 Å². The summed E-state index contributed by atoms with van der Waals surface area (Å²) in [5, 5.41) is 26.9. The number of benzene rings is 1. The van der Waals surface area contributed by atoms with Gasteiger partial charge in [-0.15, -0.1) is 0 Å². The maximum atomic E-state index is 10.5. The molecule has 0 spiro atoms. The first kappa shape index (κ1) is 13.1. The van der Waals surface area contributed by atoms with Crippen molar-refractivity contribution in [3.05, 3.63) is 52.2 Å². The molecular formula is C11H12N4O4. The van der Waals surface area contributed by atoms with Gasteiger partial charge in [0.15, 0.2) is 5.82 Å². The highest BCUT2D eigenvalue weighted by Crippen LogP contribution is 2.17. The van der Waals surface area contributed by atoms with E-state index in [2.05, 4.69) is 20.0 Å². The molecular weight excluding hydrogens is 252 g/mol. The van der Waals surface area contributed by atoms with Crippen LogP contribution in [0.5, 0.6) is 0 Å². The van der Waals surface area contributed by atoms with E-state index in [1.165, 1.54) is 30.7 Å². The quantitative estimate of drug-likeness (QED) is 0.585. The number of hydrogen-bond donors (Lipinski definition) is 2. The Kier molecular flexibility index (Phi) is 4.16. The van der Waals surface area contributed by atoms with E-state index in [1.807, 2.05) is 0 Å². The molecule has 0 amide bonds. The molecule has 2 rings (SSSR count). The third-order valence-corrected chi connectivity index (χ3v) is 2.52. The van der Waals surface area contributed by atoms with Gasteiger partial charge in [0.2, 0.25) is 6.39 Å². The van der Waals surface area contributed by atoms with Crippen molar-refractivity contribution in [2.75, 3.05) is 6.54 Å². The largest absolute Gasteiger partial charge is 0.387 e. The van der Waals surface area contributed by atoms with Crippen molar-refractivity contribution >= 4 is 5.69 Å². The van der Waals surface area contributed by atoms with Gasteiger partial charge in [0.1, 0.15) is 0 Å². The number of nitrogens with zero attached hydrogens (tertiary/aromatic N) is 3. The highest BCUT2D eigenvalue weighted by molar-refractivity contribution is 5.33. The van der Waals surface area contributed by atoms with Crippen LogP contribution in [-0.4, -0.2) is 26.7 Å². The van der Waals surface area contributed by atoms with Crippen molar-refractivity contribution in [1.82, 2.24) is 15.5 Å². The van der Waals surface area contributed by atoms with E-state index >= 15 is 0 Å². The maximum absolute atomic E-state index is 10.5. The van der Waals surface area contributed by atoms with Gasteiger partial charge >= 0.3 is 0 Å². The van der Waals surface area contributed by atoms with Crippen LogP contribution in [0.1, 0.15) is 17.5 Å². The SMILES string of the molecule is O=[N+]([O-])c1ccc(C(O)CNCc2ncon2)cc1. The molecule has 1 aromatic carbocycles. The number of nitrogens with one attached hydrogen (secondary N) is 1. The molecule has 19 heavy (non-hydrogen) atoms. The zero-order valence-corrected chi connectivity index (χ0v) is 9.89. The van der Waals surface area contributed by atoms with Crippen LogP contribution in [0.3, 0.4) is 0 Å². The highest BCUT2D eigenvalue weighted by atomic mass is 16.6. The number of aromatic nitrogens is 2. The van der Waals surface area contributed by atoms with Crippen LogP contribution in [0.25, 0.3) is 0 Å². The fourth-order valence-corrected chi connectivity index (χ4v) is 1.53. The van der Waals surface area contributed by atoms with Gasteiger partial charge in [0, 0.05) is 18.7 Å². The van der Waals surface area contributed by atoms with Gasteiger partial charge in [-0.25, -0.2) is 0 Å². The van der Waals surface area contributed by atoms with Gasteiger partial charge in [-0.05, 0) is 17.7 Å². The van der Waals surface area contributed by atoms with Gasteiger partial charge in [0.05, 0.1) is 17.6 Å². The Bertz CT molecular complexity index is 526. The monoisotopic (exact) mass is 264 g/mol. The Hall–Kier alpha value is -2.32. The first-order valence-electron chi connectivity index (χ1n) is 5.55. The molecule has 1 unspecified atom stereocenters. The average Bonchev–Trinajstić information content (AvgIpc) is 2.92. The standard InChI is InChI=1S/C11H12N4O4/c16-10(5-12-6-11-13-7-19-14-11)8-1-3-9(4-2-8)15(17)18/h1-4,7,10,12,16H,5-6H2. The first-order chi connectivity index (χ1) is 9.16. The summed E-state index contributed by atoms with van der Waals surface area (Å²) in [7, 11) is 0. The molecule has 1 heterocycles. The predicted octanol–water partition coefficient (Wildman–Crippen LogP) is 0.801. The molecule has 8 heteroatoms. The highest BCUT2D eigenvalue weighted by Gasteiger charge is 2.10. The Morgan fingerprint density at radius 3 is 2.74 bits per heavy atom. The molecule has 2 N–H and O–H groups in total. The van der Waals surface area contributed by atoms with Crippen molar-refractivity contribution in [2.45, 2.75) is 12.6 Å². The summed E-state index contributed by atoms with van der Waals surface area (Å²) in [5.41, 5.74) is 0.599. The number of nitro groups is 1. The molecule has 1 aromatic heterocycles. The number of nitro benzene ring substituents is 1. The van der Waals surface area contributed by atoms with Crippen LogP contribution in [-0.2, 0) is 6.54 Å². The minimum Gasteiger partial charge on any atom is -0.387 e. The van der Waals surface area contributed by atoms with Crippen LogP contribution in [0.15, 0.2) is 35.2 Å². The molecule has 0 saturated carbocycles. The second-order valence-corrected chi connectivity index (χ2v) is 3.84. The average molecular weight is 264 g/mol. The molecule has 0 bridgehead atoms. The van der Waals surface area contributed by atoms with Crippen LogP contribution < -0.4 is 5.32 Å². The lowest BCUT2D eigenvalue weighted by Gasteiger charge is -2.10. The first-order valence-corrected chi connectivity index (χ1v) is 5.55. The smallest absolute Gasteiger partial charge is 0.269 e. The van der Waals surface area contributed by atoms with Gasteiger partial charge in [-0.1, -0.05) is 5.16 Å².